The van der Waals surface area contributed by atoms with Crippen LogP contribution in [-0.4, -0.2) is 62.4 Å². The molecule has 13 heteroatoms. The van der Waals surface area contributed by atoms with Gasteiger partial charge in [0.2, 0.25) is 10.0 Å². The summed E-state index contributed by atoms with van der Waals surface area (Å²) in [7, 11) is -3.74. The van der Waals surface area contributed by atoms with Crippen molar-refractivity contribution in [1.82, 2.24) is 4.31 Å². The first-order chi connectivity index (χ1) is 15.2. The van der Waals surface area contributed by atoms with Gasteiger partial charge in [0.1, 0.15) is 0 Å². The van der Waals surface area contributed by atoms with Crippen molar-refractivity contribution in [1.29, 1.82) is 0 Å². The van der Waals surface area contributed by atoms with Crippen LogP contribution in [0, 0.1) is 10.1 Å². The normalized spacial score (nSPS) is 14.5. The number of halogens is 1. The van der Waals surface area contributed by atoms with Gasteiger partial charge in [-0.2, -0.15) is 4.31 Å². The van der Waals surface area contributed by atoms with E-state index in [0.29, 0.717) is 13.2 Å². The monoisotopic (exact) mass is 483 g/mol. The van der Waals surface area contributed by atoms with Crippen LogP contribution in [0.2, 0.25) is 5.02 Å². The molecule has 2 aromatic carbocycles. The molecule has 1 aliphatic heterocycles. The second-order valence-electron chi connectivity index (χ2n) is 6.59. The van der Waals surface area contributed by atoms with Gasteiger partial charge < -0.3 is 14.8 Å². The molecule has 1 N–H and O–H groups in total. The molecule has 170 valence electrons. The highest BCUT2D eigenvalue weighted by Crippen LogP contribution is 2.23. The van der Waals surface area contributed by atoms with Gasteiger partial charge >= 0.3 is 5.97 Å². The number of nitro benzene ring substituents is 1. The quantitative estimate of drug-likeness (QED) is 0.358. The fourth-order valence-corrected chi connectivity index (χ4v) is 4.57. The van der Waals surface area contributed by atoms with Crippen LogP contribution in [-0.2, 0) is 24.3 Å². The van der Waals surface area contributed by atoms with Crippen LogP contribution in [0.5, 0.6) is 0 Å². The van der Waals surface area contributed by atoms with Crippen molar-refractivity contribution in [2.45, 2.75) is 4.90 Å². The number of benzene rings is 2. The number of non-ortho nitro benzene ring substituents is 1. The highest BCUT2D eigenvalue weighted by Gasteiger charge is 2.26. The number of nitrogens with one attached hydrogen (secondary N) is 1. The third kappa shape index (κ3) is 5.59. The summed E-state index contributed by atoms with van der Waals surface area (Å²) in [5, 5.41) is 13.0. The van der Waals surface area contributed by atoms with Gasteiger partial charge in [0.15, 0.2) is 6.61 Å². The number of esters is 1. The Morgan fingerprint density at radius 2 is 1.91 bits per heavy atom. The summed E-state index contributed by atoms with van der Waals surface area (Å²) in [4.78, 5) is 34.3. The van der Waals surface area contributed by atoms with Crippen molar-refractivity contribution in [3.8, 4) is 0 Å². The molecule has 0 spiro atoms. The van der Waals surface area contributed by atoms with Gasteiger partial charge in [-0.15, -0.1) is 0 Å². The Labute approximate surface area is 188 Å². The van der Waals surface area contributed by atoms with Gasteiger partial charge in [-0.25, -0.2) is 13.2 Å². The van der Waals surface area contributed by atoms with E-state index >= 15 is 0 Å². The number of morpholine rings is 1. The number of rotatable bonds is 7. The zero-order valence-corrected chi connectivity index (χ0v) is 18.1. The number of nitrogens with zero attached hydrogens (tertiary/aromatic N) is 2. The number of sulfonamides is 1. The molecule has 0 saturated carbocycles. The maximum Gasteiger partial charge on any atom is 0.340 e. The molecule has 11 nitrogen and oxygen atoms in total. The molecule has 1 amide bonds. The molecule has 1 heterocycles. The SMILES string of the molecule is O=C(COC(=O)c1ccc([N+](=O)[O-])cc1Cl)Nc1cccc(S(=O)(=O)N2CCOCC2)c1. The molecule has 0 aromatic heterocycles. The minimum absolute atomic E-state index is 0.00635. The van der Waals surface area contributed by atoms with E-state index < -0.39 is 33.4 Å². The summed E-state index contributed by atoms with van der Waals surface area (Å²) in [6, 6.07) is 8.90. The minimum atomic E-state index is -3.74. The topological polar surface area (TPSA) is 145 Å². The molecular formula is C19H18ClN3O8S. The van der Waals surface area contributed by atoms with Crippen molar-refractivity contribution in [3.05, 3.63) is 63.2 Å². The lowest BCUT2D eigenvalue weighted by atomic mass is 10.2. The lowest BCUT2D eigenvalue weighted by Gasteiger charge is -2.26. The molecule has 0 unspecified atom stereocenters. The Morgan fingerprint density at radius 1 is 1.19 bits per heavy atom. The van der Waals surface area contributed by atoms with E-state index in [1.807, 2.05) is 0 Å². The molecule has 0 radical (unpaired) electrons. The van der Waals surface area contributed by atoms with Crippen LogP contribution in [0.25, 0.3) is 0 Å². The van der Waals surface area contributed by atoms with Gasteiger partial charge in [-0.1, -0.05) is 17.7 Å². The maximum atomic E-state index is 12.7. The largest absolute Gasteiger partial charge is 0.452 e. The molecular weight excluding hydrogens is 466 g/mol. The molecule has 1 fully saturated rings. The van der Waals surface area contributed by atoms with Crippen LogP contribution in [0.4, 0.5) is 11.4 Å². The average molecular weight is 484 g/mol. The summed E-state index contributed by atoms with van der Waals surface area (Å²) in [6.45, 7) is 0.409. The first-order valence-corrected chi connectivity index (χ1v) is 11.1. The minimum Gasteiger partial charge on any atom is -0.452 e. The highest BCUT2D eigenvalue weighted by molar-refractivity contribution is 7.89. The van der Waals surface area contributed by atoms with Crippen molar-refractivity contribution in [2.75, 3.05) is 38.2 Å². The first kappa shape index (κ1) is 23.6. The second kappa shape index (κ2) is 10.0. The van der Waals surface area contributed by atoms with Crippen molar-refractivity contribution < 1.29 is 32.4 Å². The number of anilines is 1. The Hall–Kier alpha value is -3.06. The highest BCUT2D eigenvalue weighted by atomic mass is 35.5. The molecule has 2 aromatic rings. The number of hydrogen-bond acceptors (Lipinski definition) is 8. The van der Waals surface area contributed by atoms with Gasteiger partial charge in [0.25, 0.3) is 11.6 Å². The van der Waals surface area contributed by atoms with Crippen molar-refractivity contribution >= 4 is 44.9 Å². The number of carbonyl (C=O) groups excluding carboxylic acids is 2. The predicted molar refractivity (Wildman–Crippen MR) is 113 cm³/mol. The summed E-state index contributed by atoms with van der Waals surface area (Å²) < 4.78 is 36.8. The van der Waals surface area contributed by atoms with E-state index in [9.17, 15) is 28.1 Å². The third-order valence-corrected chi connectivity index (χ3v) is 6.65. The van der Waals surface area contributed by atoms with Gasteiger partial charge in [-0.3, -0.25) is 14.9 Å². The van der Waals surface area contributed by atoms with E-state index in [-0.39, 0.29) is 39.9 Å². The Morgan fingerprint density at radius 3 is 2.56 bits per heavy atom. The first-order valence-electron chi connectivity index (χ1n) is 9.27. The fraction of sp³-hybridized carbons (Fsp3) is 0.263. The second-order valence-corrected chi connectivity index (χ2v) is 8.93. The summed E-state index contributed by atoms with van der Waals surface area (Å²) in [5.74, 6) is -1.65. The van der Waals surface area contributed by atoms with Crippen molar-refractivity contribution in [3.63, 3.8) is 0 Å². The molecule has 1 saturated heterocycles. The molecule has 3 rings (SSSR count). The zero-order valence-electron chi connectivity index (χ0n) is 16.5. The molecule has 0 atom stereocenters. The standard InChI is InChI=1S/C19H18ClN3O8S/c20-17-11-14(23(26)27)4-5-16(17)19(25)31-12-18(24)21-13-2-1-3-15(10-13)32(28,29)22-6-8-30-9-7-22/h1-5,10-11H,6-9,12H2,(H,21,24). The average Bonchev–Trinajstić information content (AvgIpc) is 2.78. The van der Waals surface area contributed by atoms with Crippen LogP contribution >= 0.6 is 11.6 Å². The predicted octanol–water partition coefficient (Wildman–Crippen LogP) is 2.06. The number of nitro groups is 1. The van der Waals surface area contributed by atoms with Gasteiger partial charge in [-0.05, 0) is 24.3 Å². The fourth-order valence-electron chi connectivity index (χ4n) is 2.86. The van der Waals surface area contributed by atoms with E-state index in [0.717, 1.165) is 18.2 Å². The number of carbonyl (C=O) groups is 2. The van der Waals surface area contributed by atoms with E-state index in [4.69, 9.17) is 21.1 Å². The summed E-state index contributed by atoms with van der Waals surface area (Å²) in [6.07, 6.45) is 0. The number of hydrogen-bond donors (Lipinski definition) is 1. The van der Waals surface area contributed by atoms with Crippen LogP contribution in [0.3, 0.4) is 0 Å². The van der Waals surface area contributed by atoms with Crippen LogP contribution in [0.1, 0.15) is 10.4 Å². The zero-order chi connectivity index (χ0) is 23.3. The van der Waals surface area contributed by atoms with Gasteiger partial charge in [0.05, 0.1) is 33.6 Å². The number of ether oxygens (including phenoxy) is 2. The van der Waals surface area contributed by atoms with E-state index in [1.54, 1.807) is 0 Å². The van der Waals surface area contributed by atoms with Crippen LogP contribution < -0.4 is 5.32 Å². The Kier molecular flexibility index (Phi) is 7.40. The number of amides is 1. The lowest BCUT2D eigenvalue weighted by molar-refractivity contribution is -0.384. The maximum absolute atomic E-state index is 12.7. The molecule has 32 heavy (non-hydrogen) atoms. The molecule has 1 aliphatic rings. The summed E-state index contributed by atoms with van der Waals surface area (Å²) >= 11 is 5.86. The van der Waals surface area contributed by atoms with E-state index in [2.05, 4.69) is 5.32 Å². The smallest absolute Gasteiger partial charge is 0.340 e. The molecule has 0 bridgehead atoms. The summed E-state index contributed by atoms with van der Waals surface area (Å²) in [5.41, 5.74) is -0.228. The van der Waals surface area contributed by atoms with E-state index in [1.165, 1.54) is 28.6 Å². The lowest BCUT2D eigenvalue weighted by Crippen LogP contribution is -2.40. The van der Waals surface area contributed by atoms with Gasteiger partial charge in [0, 0.05) is 30.9 Å². The Balaban J connectivity index is 1.61. The molecule has 0 aliphatic carbocycles. The third-order valence-electron chi connectivity index (χ3n) is 4.44. The van der Waals surface area contributed by atoms with Crippen molar-refractivity contribution in [2.24, 2.45) is 0 Å². The Bertz CT molecular complexity index is 1150. The van der Waals surface area contributed by atoms with Crippen LogP contribution in [0.15, 0.2) is 47.4 Å².